The number of rotatable bonds is 13. The van der Waals surface area contributed by atoms with E-state index in [0.717, 1.165) is 154 Å². The van der Waals surface area contributed by atoms with Gasteiger partial charge in [-0.05, 0) is 260 Å². The van der Waals surface area contributed by atoms with Crippen LogP contribution in [0.3, 0.4) is 0 Å². The van der Waals surface area contributed by atoms with Gasteiger partial charge in [0.05, 0.1) is 53.4 Å². The van der Waals surface area contributed by atoms with Crippen molar-refractivity contribution in [3.8, 4) is 0 Å². The molecule has 0 spiro atoms. The first kappa shape index (κ1) is 76.0. The van der Waals surface area contributed by atoms with Gasteiger partial charge < -0.3 is 64.3 Å². The predicted octanol–water partition coefficient (Wildman–Crippen LogP) is 14.4. The van der Waals surface area contributed by atoms with Crippen LogP contribution in [0, 0.1) is 29.6 Å². The number of nitrogens with zero attached hydrogens (tertiary/aromatic N) is 5. The molecule has 6 aliphatic heterocycles. The molecule has 0 amide bonds. The van der Waals surface area contributed by atoms with Gasteiger partial charge in [-0.1, -0.05) is 59.9 Å². The van der Waals surface area contributed by atoms with Crippen LogP contribution < -0.4 is 35.7 Å². The molecule has 6 fully saturated rings. The summed E-state index contributed by atoms with van der Waals surface area (Å²) >= 11 is 10.3. The molecule has 5 aromatic rings. The van der Waals surface area contributed by atoms with E-state index in [1.165, 1.54) is 28.4 Å². The fourth-order valence-electron chi connectivity index (χ4n) is 12.8. The predicted molar refractivity (Wildman–Crippen MR) is 394 cm³/mol. The summed E-state index contributed by atoms with van der Waals surface area (Å²) in [5, 5.41) is 29.1. The second-order valence-corrected chi connectivity index (χ2v) is 30.4. The van der Waals surface area contributed by atoms with Gasteiger partial charge in [0.25, 0.3) is 0 Å². The Morgan fingerprint density at radius 1 is 0.457 bits per heavy atom. The van der Waals surface area contributed by atoms with Crippen LogP contribution in [0.1, 0.15) is 133 Å². The van der Waals surface area contributed by atoms with E-state index < -0.39 is 17.2 Å². The number of hydrogen-bond acceptors (Lipinski definition) is 15. The number of aliphatic hydroxyl groups is 2. The second kappa shape index (κ2) is 35.2. The van der Waals surface area contributed by atoms with E-state index in [1.807, 2.05) is 90.1 Å². The zero-order valence-corrected chi connectivity index (χ0v) is 62.0. The fraction of sp³-hybridized carbons (Fsp3) is 0.554. The molecule has 0 unspecified atom stereocenters. The number of nitrogens with two attached hydrogens (primary N) is 1. The van der Waals surface area contributed by atoms with Crippen molar-refractivity contribution < 1.29 is 48.5 Å². The van der Waals surface area contributed by atoms with Crippen LogP contribution in [-0.4, -0.2) is 141 Å². The van der Waals surface area contributed by atoms with Gasteiger partial charge in [-0.2, -0.15) is 0 Å². The third-order valence-electron chi connectivity index (χ3n) is 19.7. The quantitative estimate of drug-likeness (QED) is 0.0494. The molecule has 514 valence electrons. The molecule has 0 bridgehead atoms. The maximum absolute atomic E-state index is 11.6. The maximum atomic E-state index is 11.6. The van der Waals surface area contributed by atoms with Gasteiger partial charge in [-0.15, -0.1) is 0 Å². The van der Waals surface area contributed by atoms with E-state index in [1.54, 1.807) is 0 Å². The molecular formula is C74H104BBr3N6O10. The average Bonchev–Trinajstić information content (AvgIpc) is 1.63. The van der Waals surface area contributed by atoms with Crippen LogP contribution in [0.4, 0.5) is 34.1 Å². The van der Waals surface area contributed by atoms with Crippen LogP contribution in [0.15, 0.2) is 135 Å². The highest BCUT2D eigenvalue weighted by atomic mass is 79.9. The van der Waals surface area contributed by atoms with Gasteiger partial charge in [0, 0.05) is 113 Å². The SMILES string of the molecule is CC(C)(O)C1CCN(c2ccc(B3OC(C)(C)C(C)(C)O3)cc2)CC1.CC(C)(O)C1CCN(c2ccc(Br)cc2)CC1.CCOC(=O)C1CCN(c2ccc(Br)cc2)CC1.CCOC(=O)C1CCN(c2ccc(N)cc2)CC1.O=C(O)C1CCN(c2ccc(Br)cc2)CC1. The first-order valence-corrected chi connectivity index (χ1v) is 36.2. The van der Waals surface area contributed by atoms with Gasteiger partial charge in [-0.3, -0.25) is 14.4 Å². The van der Waals surface area contributed by atoms with Crippen molar-refractivity contribution in [1.29, 1.82) is 0 Å². The van der Waals surface area contributed by atoms with Crippen LogP contribution in [-0.2, 0) is 33.2 Å². The molecule has 5 N–H and O–H groups in total. The zero-order valence-electron chi connectivity index (χ0n) is 57.2. The van der Waals surface area contributed by atoms with E-state index >= 15 is 0 Å². The molecule has 6 saturated heterocycles. The van der Waals surface area contributed by atoms with Gasteiger partial charge in [-0.25, -0.2) is 0 Å². The Morgan fingerprint density at radius 3 is 0.957 bits per heavy atom. The second-order valence-electron chi connectivity index (χ2n) is 27.7. The largest absolute Gasteiger partial charge is 0.494 e. The lowest BCUT2D eigenvalue weighted by molar-refractivity contribution is -0.149. The van der Waals surface area contributed by atoms with Crippen LogP contribution in [0.2, 0.25) is 0 Å². The summed E-state index contributed by atoms with van der Waals surface area (Å²) in [4.78, 5) is 45.7. The van der Waals surface area contributed by atoms with Crippen molar-refractivity contribution in [2.24, 2.45) is 29.6 Å². The third kappa shape index (κ3) is 22.6. The number of nitrogen functional groups attached to an aromatic ring is 1. The average molecular weight is 1490 g/mol. The monoisotopic (exact) mass is 1480 g/mol. The number of esters is 2. The standard InChI is InChI=1S/C20H32BNO3.C14H18BrNO2.C14H20BrNO.C14H20N2O2.C12H14BrNO2/c1-18(2,23)15-11-13-22(14-12-15)17-9-7-16(8-10-17)21-24-19(3,4)20(5,6)25-21;1-2-18-14(17)11-7-9-16(10-8-11)13-5-3-12(15)4-6-13;1-14(2,17)11-7-9-16(10-8-11)13-5-3-12(15)4-6-13;1-2-18-14(17)11-7-9-16(10-8-11)13-5-3-12(15)4-6-13;13-10-1-3-11(4-2-10)14-7-5-9(6-8-14)12(15)16/h7-10,15,23H,11-14H2,1-6H3;3-6,11H,2,7-10H2,1H3;3-6,11,17H,7-10H2,1-2H3;3-6,11H,2,7-10,15H2,1H3;1-4,9H,5-8H2,(H,15,16). The van der Waals surface area contributed by atoms with Crippen molar-refractivity contribution in [2.45, 2.75) is 156 Å². The lowest BCUT2D eigenvalue weighted by Gasteiger charge is -2.38. The molecule has 0 radical (unpaired) electrons. The molecule has 0 atom stereocenters. The Morgan fingerprint density at radius 2 is 0.702 bits per heavy atom. The lowest BCUT2D eigenvalue weighted by atomic mass is 9.79. The van der Waals surface area contributed by atoms with Crippen molar-refractivity contribution >= 4 is 112 Å². The summed E-state index contributed by atoms with van der Waals surface area (Å²) in [6, 6.07) is 41.3. The number of carbonyl (C=O) groups excluding carboxylic acids is 2. The minimum Gasteiger partial charge on any atom is -0.481 e. The summed E-state index contributed by atoms with van der Waals surface area (Å²) in [7, 11) is -0.306. The minimum atomic E-state index is -0.657. The number of benzene rings is 5. The molecule has 0 saturated carbocycles. The zero-order chi connectivity index (χ0) is 68.4. The number of ether oxygens (including phenoxy) is 2. The van der Waals surface area contributed by atoms with Gasteiger partial charge in [0.15, 0.2) is 0 Å². The number of halogens is 3. The fourth-order valence-corrected chi connectivity index (χ4v) is 13.6. The Kier molecular flexibility index (Phi) is 28.5. The van der Waals surface area contributed by atoms with E-state index in [4.69, 9.17) is 29.6 Å². The number of carbonyl (C=O) groups is 3. The molecule has 6 aliphatic rings. The molecular weight excluding hydrogens is 1380 g/mol. The van der Waals surface area contributed by atoms with Crippen molar-refractivity contribution in [2.75, 3.05) is 109 Å². The van der Waals surface area contributed by atoms with Gasteiger partial charge in [0.1, 0.15) is 0 Å². The number of hydrogen-bond donors (Lipinski definition) is 4. The summed E-state index contributed by atoms with van der Waals surface area (Å²) in [5.41, 5.74) is 11.9. The van der Waals surface area contributed by atoms with E-state index in [-0.39, 0.29) is 48.0 Å². The number of aliphatic carboxylic acids is 1. The number of piperidine rings is 5. The van der Waals surface area contributed by atoms with E-state index in [9.17, 15) is 24.6 Å². The first-order chi connectivity index (χ1) is 44.5. The molecule has 11 rings (SSSR count). The Hall–Kier alpha value is -5.35. The molecule has 6 heterocycles. The number of anilines is 6. The summed E-state index contributed by atoms with van der Waals surface area (Å²) in [6.07, 6.45) is 9.18. The molecule has 0 aromatic heterocycles. The van der Waals surface area contributed by atoms with Crippen LogP contribution >= 0.6 is 47.8 Å². The number of carboxylic acids is 1. The molecule has 16 nitrogen and oxygen atoms in total. The van der Waals surface area contributed by atoms with E-state index in [0.29, 0.717) is 25.0 Å². The van der Waals surface area contributed by atoms with Crippen LogP contribution in [0.5, 0.6) is 0 Å². The molecule has 0 aliphatic carbocycles. The van der Waals surface area contributed by atoms with Gasteiger partial charge in [0.2, 0.25) is 0 Å². The first-order valence-electron chi connectivity index (χ1n) is 33.9. The highest BCUT2D eigenvalue weighted by Crippen LogP contribution is 2.38. The molecule has 94 heavy (non-hydrogen) atoms. The maximum Gasteiger partial charge on any atom is 0.494 e. The van der Waals surface area contributed by atoms with Gasteiger partial charge >= 0.3 is 25.0 Å². The Balaban J connectivity index is 0.000000168. The normalized spacial score (nSPS) is 19.1. The highest BCUT2D eigenvalue weighted by molar-refractivity contribution is 9.11. The minimum absolute atomic E-state index is 0.0343. The van der Waals surface area contributed by atoms with E-state index in [2.05, 4.69) is 173 Å². The van der Waals surface area contributed by atoms with Crippen LogP contribution in [0.25, 0.3) is 0 Å². The molecule has 20 heteroatoms. The Bertz CT molecular complexity index is 3000. The summed E-state index contributed by atoms with van der Waals surface area (Å²) in [5.74, 6) is 0.0539. The topological polar surface area (TPSA) is 191 Å². The van der Waals surface area contributed by atoms with Crippen molar-refractivity contribution in [3.05, 3.63) is 135 Å². The Labute approximate surface area is 586 Å². The third-order valence-corrected chi connectivity index (χ3v) is 21.3. The summed E-state index contributed by atoms with van der Waals surface area (Å²) in [6.45, 7) is 30.0. The van der Waals surface area contributed by atoms with Crippen molar-refractivity contribution in [1.82, 2.24) is 0 Å². The number of carboxylic acid groups (broad SMARTS) is 1. The molecule has 5 aromatic carbocycles. The smallest absolute Gasteiger partial charge is 0.481 e. The summed E-state index contributed by atoms with van der Waals surface area (Å²) < 4.78 is 25.7. The highest BCUT2D eigenvalue weighted by Gasteiger charge is 2.51. The lowest BCUT2D eigenvalue weighted by Crippen LogP contribution is -2.42. The van der Waals surface area contributed by atoms with Crippen molar-refractivity contribution in [3.63, 3.8) is 0 Å².